The zero-order valence-corrected chi connectivity index (χ0v) is 15.0. The summed E-state index contributed by atoms with van der Waals surface area (Å²) in [7, 11) is 0. The van der Waals surface area contributed by atoms with Crippen molar-refractivity contribution in [2.45, 2.75) is 0 Å². The summed E-state index contributed by atoms with van der Waals surface area (Å²) in [5, 5.41) is 3.21. The van der Waals surface area contributed by atoms with Crippen molar-refractivity contribution in [1.29, 1.82) is 0 Å². The minimum atomic E-state index is -0.338. The molecule has 0 saturated heterocycles. The number of carbonyl (C=O) groups is 1. The van der Waals surface area contributed by atoms with Gasteiger partial charge in [0.15, 0.2) is 16.6 Å². The number of rotatable bonds is 3. The Labute approximate surface area is 154 Å². The highest BCUT2D eigenvalue weighted by atomic mass is 35.5. The number of hydrogen-bond donors (Lipinski definition) is 1. The monoisotopic (exact) mass is 398 g/mol. The van der Waals surface area contributed by atoms with Crippen LogP contribution in [0.15, 0.2) is 30.5 Å². The number of aromatic nitrogens is 1. The lowest BCUT2D eigenvalue weighted by Gasteiger charge is -2.00. The number of halogens is 2. The molecule has 24 heavy (non-hydrogen) atoms. The van der Waals surface area contributed by atoms with E-state index in [0.29, 0.717) is 25.1 Å². The van der Waals surface area contributed by atoms with Gasteiger partial charge in [0, 0.05) is 6.20 Å². The van der Waals surface area contributed by atoms with Crippen molar-refractivity contribution < 1.29 is 14.3 Å². The number of benzene rings is 1. The van der Waals surface area contributed by atoms with Crippen LogP contribution in [0.4, 0.5) is 5.13 Å². The second kappa shape index (κ2) is 6.25. The molecule has 0 atom stereocenters. The molecule has 1 aromatic carbocycles. The number of amides is 1. The molecule has 0 fully saturated rings. The molecule has 1 aliphatic rings. The van der Waals surface area contributed by atoms with Crippen molar-refractivity contribution in [2.24, 2.45) is 0 Å². The van der Waals surface area contributed by atoms with Gasteiger partial charge in [-0.25, -0.2) is 4.98 Å². The Bertz CT molecular complexity index is 939. The van der Waals surface area contributed by atoms with Crippen LogP contribution in [0, 0.1) is 0 Å². The molecular weight excluding hydrogens is 391 g/mol. The minimum absolute atomic E-state index is 0.229. The van der Waals surface area contributed by atoms with Crippen molar-refractivity contribution >= 4 is 56.9 Å². The summed E-state index contributed by atoms with van der Waals surface area (Å²) < 4.78 is 11.5. The van der Waals surface area contributed by atoms with Crippen molar-refractivity contribution in [3.8, 4) is 21.9 Å². The second-order valence-corrected chi connectivity index (χ2v) is 8.11. The lowest BCUT2D eigenvalue weighted by molar-refractivity contribution is 0.102. The normalized spacial score (nSPS) is 12.4. The number of thiophene rings is 1. The summed E-state index contributed by atoms with van der Waals surface area (Å²) in [5.41, 5.74) is 1.28. The van der Waals surface area contributed by atoms with E-state index in [2.05, 4.69) is 10.3 Å². The first-order valence-corrected chi connectivity index (χ1v) is 9.11. The number of nitrogens with one attached hydrogen (secondary N) is 1. The number of thiazole rings is 1. The number of ether oxygens (including phenoxy) is 2. The summed E-state index contributed by atoms with van der Waals surface area (Å²) >= 11 is 14.4. The van der Waals surface area contributed by atoms with E-state index in [4.69, 9.17) is 32.7 Å². The maximum Gasteiger partial charge on any atom is 0.259 e. The molecule has 0 radical (unpaired) electrons. The molecule has 122 valence electrons. The highest BCUT2D eigenvalue weighted by Gasteiger charge is 2.17. The molecule has 1 amide bonds. The summed E-state index contributed by atoms with van der Waals surface area (Å²) in [6.45, 7) is 0.229. The van der Waals surface area contributed by atoms with Crippen LogP contribution in [0.25, 0.3) is 10.4 Å². The Kier molecular flexibility index (Phi) is 4.09. The molecule has 3 heterocycles. The third-order valence-electron chi connectivity index (χ3n) is 3.28. The Morgan fingerprint density at radius 2 is 2.00 bits per heavy atom. The number of nitrogens with zero attached hydrogens (tertiary/aromatic N) is 1. The van der Waals surface area contributed by atoms with Gasteiger partial charge in [0.2, 0.25) is 6.79 Å². The van der Waals surface area contributed by atoms with Crippen LogP contribution >= 0.6 is 45.9 Å². The molecule has 9 heteroatoms. The minimum Gasteiger partial charge on any atom is -0.454 e. The molecule has 1 aliphatic heterocycles. The molecule has 0 aliphatic carbocycles. The quantitative estimate of drug-likeness (QED) is 0.661. The molecule has 0 unspecified atom stereocenters. The summed E-state index contributed by atoms with van der Waals surface area (Å²) in [6.07, 6.45) is 1.69. The Hall–Kier alpha value is -1.80. The molecule has 4 rings (SSSR count). The van der Waals surface area contributed by atoms with E-state index in [1.165, 1.54) is 17.4 Å². The third kappa shape index (κ3) is 2.95. The Morgan fingerprint density at radius 1 is 1.17 bits per heavy atom. The summed E-state index contributed by atoms with van der Waals surface area (Å²) in [5.74, 6) is 1.08. The first-order valence-electron chi connectivity index (χ1n) is 6.72. The maximum atomic E-state index is 12.2. The molecule has 0 spiro atoms. The zero-order valence-electron chi connectivity index (χ0n) is 11.8. The third-order valence-corrected chi connectivity index (χ3v) is 5.73. The maximum absolute atomic E-state index is 12.2. The van der Waals surface area contributed by atoms with Crippen LogP contribution in [0.2, 0.25) is 8.67 Å². The largest absolute Gasteiger partial charge is 0.454 e. The van der Waals surface area contributed by atoms with Gasteiger partial charge in [0.05, 0.1) is 14.8 Å². The summed E-state index contributed by atoms with van der Waals surface area (Å²) in [6, 6.07) is 7.19. The van der Waals surface area contributed by atoms with Crippen molar-refractivity contribution in [1.82, 2.24) is 4.98 Å². The SMILES string of the molecule is O=C(Nc1ncc(-c2ccc3c(c2)OCO3)s1)c1cc(Cl)sc1Cl. The van der Waals surface area contributed by atoms with Gasteiger partial charge in [-0.1, -0.05) is 34.5 Å². The molecule has 1 N–H and O–H groups in total. The first kappa shape index (κ1) is 15.7. The van der Waals surface area contributed by atoms with Gasteiger partial charge in [0.1, 0.15) is 4.34 Å². The second-order valence-electron chi connectivity index (χ2n) is 4.79. The topological polar surface area (TPSA) is 60.5 Å². The lowest BCUT2D eigenvalue weighted by atomic mass is 10.2. The van der Waals surface area contributed by atoms with E-state index >= 15 is 0 Å². The summed E-state index contributed by atoms with van der Waals surface area (Å²) in [4.78, 5) is 17.4. The van der Waals surface area contributed by atoms with Crippen molar-refractivity contribution in [3.63, 3.8) is 0 Å². The Balaban J connectivity index is 1.55. The highest BCUT2D eigenvalue weighted by Crippen LogP contribution is 2.38. The number of fused-ring (bicyclic) bond motifs is 1. The van der Waals surface area contributed by atoms with Gasteiger partial charge in [-0.05, 0) is 29.8 Å². The molecule has 0 bridgehead atoms. The van der Waals surface area contributed by atoms with Gasteiger partial charge in [0.25, 0.3) is 5.91 Å². The van der Waals surface area contributed by atoms with E-state index in [0.717, 1.165) is 27.5 Å². The van der Waals surface area contributed by atoms with Crippen molar-refractivity contribution in [2.75, 3.05) is 12.1 Å². The lowest BCUT2D eigenvalue weighted by Crippen LogP contribution is -2.10. The van der Waals surface area contributed by atoms with E-state index in [1.807, 2.05) is 18.2 Å². The van der Waals surface area contributed by atoms with Crippen molar-refractivity contribution in [3.05, 3.63) is 44.7 Å². The molecule has 2 aromatic heterocycles. The van der Waals surface area contributed by atoms with Gasteiger partial charge >= 0.3 is 0 Å². The average Bonchev–Trinajstić information content (AvgIpc) is 3.26. The number of carbonyl (C=O) groups excluding carboxylic acids is 1. The van der Waals surface area contributed by atoms with Gasteiger partial charge in [-0.15, -0.1) is 11.3 Å². The predicted octanol–water partition coefficient (Wildman–Crippen LogP) is 5.16. The fourth-order valence-corrected chi connectivity index (χ4v) is 4.44. The predicted molar refractivity (Wildman–Crippen MR) is 96.0 cm³/mol. The van der Waals surface area contributed by atoms with Crippen LogP contribution in [-0.4, -0.2) is 17.7 Å². The van der Waals surface area contributed by atoms with E-state index in [1.54, 1.807) is 6.20 Å². The smallest absolute Gasteiger partial charge is 0.259 e. The van der Waals surface area contributed by atoms with E-state index < -0.39 is 0 Å². The molecule has 0 saturated carbocycles. The highest BCUT2D eigenvalue weighted by molar-refractivity contribution is 7.20. The average molecular weight is 399 g/mol. The first-order chi connectivity index (χ1) is 11.6. The number of anilines is 1. The van der Waals surface area contributed by atoms with Crippen LogP contribution in [0.3, 0.4) is 0 Å². The van der Waals surface area contributed by atoms with E-state index in [9.17, 15) is 4.79 Å². The fourth-order valence-electron chi connectivity index (χ4n) is 2.17. The van der Waals surface area contributed by atoms with Gasteiger partial charge in [-0.3, -0.25) is 10.1 Å². The van der Waals surface area contributed by atoms with Crippen LogP contribution < -0.4 is 14.8 Å². The molecular formula is C15H8Cl2N2O3S2. The Morgan fingerprint density at radius 3 is 2.79 bits per heavy atom. The molecule has 5 nitrogen and oxygen atoms in total. The van der Waals surface area contributed by atoms with E-state index in [-0.39, 0.29) is 12.7 Å². The fraction of sp³-hybridized carbons (Fsp3) is 0.0667. The van der Waals surface area contributed by atoms with Gasteiger partial charge in [-0.2, -0.15) is 0 Å². The standard InChI is InChI=1S/C15H8Cl2N2O3S2/c16-12-4-8(13(17)24-12)14(20)19-15-18-5-11(23-15)7-1-2-9-10(3-7)22-6-21-9/h1-5H,6H2,(H,18,19,20). The van der Waals surface area contributed by atoms with Crippen LogP contribution in [0.1, 0.15) is 10.4 Å². The molecule has 3 aromatic rings. The zero-order chi connectivity index (χ0) is 16.7. The number of hydrogen-bond acceptors (Lipinski definition) is 6. The van der Waals surface area contributed by atoms with Crippen LogP contribution in [-0.2, 0) is 0 Å². The van der Waals surface area contributed by atoms with Gasteiger partial charge < -0.3 is 9.47 Å². The van der Waals surface area contributed by atoms with Crippen LogP contribution in [0.5, 0.6) is 11.5 Å².